The zero-order chi connectivity index (χ0) is 19.6. The Hall–Kier alpha value is -1.50. The monoisotopic (exact) mass is 370 g/mol. The first-order valence-electron chi connectivity index (χ1n) is 9.82. The van der Waals surface area contributed by atoms with Crippen LogP contribution in [0.2, 0.25) is 0 Å². The average Bonchev–Trinajstić information content (AvgIpc) is 3.04. The van der Waals surface area contributed by atoms with Gasteiger partial charge in [0.25, 0.3) is 0 Å². The van der Waals surface area contributed by atoms with Gasteiger partial charge in [0.1, 0.15) is 5.60 Å². The molecule has 0 aromatic carbocycles. The minimum absolute atomic E-state index is 0.268. The van der Waals surface area contributed by atoms with E-state index in [9.17, 15) is 4.79 Å². The van der Waals surface area contributed by atoms with E-state index in [0.29, 0.717) is 25.6 Å². The number of aliphatic imine (C=N–C) groups is 1. The van der Waals surface area contributed by atoms with Gasteiger partial charge in [-0.15, -0.1) is 0 Å². The molecule has 0 spiro atoms. The maximum Gasteiger partial charge on any atom is 0.410 e. The van der Waals surface area contributed by atoms with Crippen LogP contribution in [-0.4, -0.2) is 80.4 Å². The van der Waals surface area contributed by atoms with Crippen molar-refractivity contribution in [1.29, 1.82) is 0 Å². The topological polar surface area (TPSA) is 66.4 Å². The smallest absolute Gasteiger partial charge is 0.410 e. The van der Waals surface area contributed by atoms with E-state index in [4.69, 9.17) is 14.5 Å². The number of rotatable bonds is 8. The number of nitrogens with one attached hydrogen (secondary N) is 1. The third-order valence-corrected chi connectivity index (χ3v) is 4.03. The molecule has 152 valence electrons. The number of carbonyl (C=O) groups excluding carboxylic acids is 1. The first kappa shape index (κ1) is 22.5. The van der Waals surface area contributed by atoms with Crippen LogP contribution < -0.4 is 5.32 Å². The maximum atomic E-state index is 12.3. The van der Waals surface area contributed by atoms with Crippen LogP contribution in [0.1, 0.15) is 47.5 Å². The molecule has 0 aliphatic carbocycles. The summed E-state index contributed by atoms with van der Waals surface area (Å²) in [5.74, 6) is 1.43. The van der Waals surface area contributed by atoms with E-state index in [-0.39, 0.29) is 6.09 Å². The fraction of sp³-hybridized carbons (Fsp3) is 0.895. The molecule has 0 aromatic heterocycles. The number of hydrogen-bond acceptors (Lipinski definition) is 4. The van der Waals surface area contributed by atoms with Crippen LogP contribution >= 0.6 is 0 Å². The molecule has 1 rings (SSSR count). The maximum absolute atomic E-state index is 12.3. The Morgan fingerprint density at radius 1 is 1.31 bits per heavy atom. The number of amides is 1. The van der Waals surface area contributed by atoms with Crippen molar-refractivity contribution in [3.05, 3.63) is 0 Å². The molecule has 0 aromatic rings. The van der Waals surface area contributed by atoms with Gasteiger partial charge in [-0.1, -0.05) is 6.92 Å². The fourth-order valence-electron chi connectivity index (χ4n) is 2.84. The lowest BCUT2D eigenvalue weighted by Crippen LogP contribution is -2.42. The van der Waals surface area contributed by atoms with Gasteiger partial charge in [0, 0.05) is 45.8 Å². The van der Waals surface area contributed by atoms with Crippen LogP contribution in [-0.2, 0) is 9.47 Å². The second-order valence-electron chi connectivity index (χ2n) is 7.81. The molecule has 1 saturated heterocycles. The van der Waals surface area contributed by atoms with Gasteiger partial charge < -0.3 is 24.6 Å². The molecule has 1 fully saturated rings. The number of guanidine groups is 1. The largest absolute Gasteiger partial charge is 0.444 e. The van der Waals surface area contributed by atoms with Gasteiger partial charge in [0.15, 0.2) is 5.96 Å². The molecule has 0 saturated carbocycles. The van der Waals surface area contributed by atoms with Gasteiger partial charge in [0.2, 0.25) is 0 Å². The van der Waals surface area contributed by atoms with Crippen molar-refractivity contribution < 1.29 is 14.3 Å². The summed E-state index contributed by atoms with van der Waals surface area (Å²) in [4.78, 5) is 20.9. The lowest BCUT2D eigenvalue weighted by molar-refractivity contribution is 0.0256. The summed E-state index contributed by atoms with van der Waals surface area (Å²) < 4.78 is 11.0. The Morgan fingerprint density at radius 2 is 2.04 bits per heavy atom. The van der Waals surface area contributed by atoms with Crippen molar-refractivity contribution in [2.45, 2.75) is 53.1 Å². The summed E-state index contributed by atoms with van der Waals surface area (Å²) in [5, 5.41) is 3.33. The molecule has 7 nitrogen and oxygen atoms in total. The molecule has 7 heteroatoms. The summed E-state index contributed by atoms with van der Waals surface area (Å²) >= 11 is 0. The van der Waals surface area contributed by atoms with E-state index in [1.54, 1.807) is 4.90 Å². The molecule has 1 N–H and O–H groups in total. The van der Waals surface area contributed by atoms with Crippen molar-refractivity contribution >= 4 is 12.1 Å². The number of carbonyl (C=O) groups is 1. The summed E-state index contributed by atoms with van der Waals surface area (Å²) in [5.41, 5.74) is -0.481. The molecule has 1 amide bonds. The predicted octanol–water partition coefficient (Wildman–Crippen LogP) is 2.57. The van der Waals surface area contributed by atoms with E-state index in [1.807, 2.05) is 20.8 Å². The Bertz CT molecular complexity index is 443. The van der Waals surface area contributed by atoms with Gasteiger partial charge in [0.05, 0.1) is 13.2 Å². The van der Waals surface area contributed by atoms with E-state index in [0.717, 1.165) is 45.1 Å². The van der Waals surface area contributed by atoms with Crippen molar-refractivity contribution in [2.24, 2.45) is 10.9 Å². The molecule has 1 heterocycles. The Balaban J connectivity index is 2.60. The highest BCUT2D eigenvalue weighted by atomic mass is 16.6. The van der Waals surface area contributed by atoms with Gasteiger partial charge in [-0.05, 0) is 40.5 Å². The highest BCUT2D eigenvalue weighted by molar-refractivity contribution is 5.79. The standard InChI is InChI=1S/C19H38N4O3/c1-7-11-23(18(24)26-19(3,4)5)12-10-21-17(20-8-2)22(6)14-16-9-13-25-15-16/h16H,7-15H2,1-6H3,(H,20,21). The normalized spacial score (nSPS) is 17.9. The van der Waals surface area contributed by atoms with Crippen LogP contribution in [0.4, 0.5) is 4.79 Å². The zero-order valence-corrected chi connectivity index (χ0v) is 17.5. The lowest BCUT2D eigenvalue weighted by atomic mass is 10.1. The van der Waals surface area contributed by atoms with Gasteiger partial charge >= 0.3 is 6.09 Å². The summed E-state index contributed by atoms with van der Waals surface area (Å²) in [7, 11) is 2.05. The summed E-state index contributed by atoms with van der Waals surface area (Å²) in [6, 6.07) is 0. The van der Waals surface area contributed by atoms with Crippen molar-refractivity contribution in [1.82, 2.24) is 15.1 Å². The lowest BCUT2D eigenvalue weighted by Gasteiger charge is -2.27. The first-order valence-corrected chi connectivity index (χ1v) is 9.82. The first-order chi connectivity index (χ1) is 12.3. The number of nitrogens with zero attached hydrogens (tertiary/aromatic N) is 3. The highest BCUT2D eigenvalue weighted by Crippen LogP contribution is 2.13. The average molecular weight is 371 g/mol. The van der Waals surface area contributed by atoms with Crippen LogP contribution in [0, 0.1) is 5.92 Å². The minimum Gasteiger partial charge on any atom is -0.444 e. The van der Waals surface area contributed by atoms with Gasteiger partial charge in [-0.3, -0.25) is 4.99 Å². The number of hydrogen-bond donors (Lipinski definition) is 1. The molecule has 1 unspecified atom stereocenters. The van der Waals surface area contributed by atoms with E-state index in [2.05, 4.69) is 31.1 Å². The molecule has 26 heavy (non-hydrogen) atoms. The summed E-state index contributed by atoms with van der Waals surface area (Å²) in [6.07, 6.45) is 1.73. The van der Waals surface area contributed by atoms with Crippen LogP contribution in [0.5, 0.6) is 0 Å². The Kier molecular flexibility index (Phi) is 9.76. The molecule has 1 atom stereocenters. The van der Waals surface area contributed by atoms with E-state index < -0.39 is 5.60 Å². The molecule has 1 aliphatic heterocycles. The predicted molar refractivity (Wildman–Crippen MR) is 106 cm³/mol. The van der Waals surface area contributed by atoms with Crippen LogP contribution in [0.15, 0.2) is 4.99 Å². The molecular weight excluding hydrogens is 332 g/mol. The zero-order valence-electron chi connectivity index (χ0n) is 17.5. The third kappa shape index (κ3) is 8.74. The molecule has 0 bridgehead atoms. The second-order valence-corrected chi connectivity index (χ2v) is 7.81. The quantitative estimate of drug-likeness (QED) is 0.525. The van der Waals surface area contributed by atoms with E-state index >= 15 is 0 Å². The van der Waals surface area contributed by atoms with Crippen LogP contribution in [0.3, 0.4) is 0 Å². The number of ether oxygens (including phenoxy) is 2. The van der Waals surface area contributed by atoms with Crippen molar-refractivity contribution in [2.75, 3.05) is 53.0 Å². The van der Waals surface area contributed by atoms with Crippen molar-refractivity contribution in [3.63, 3.8) is 0 Å². The summed E-state index contributed by atoms with van der Waals surface area (Å²) in [6.45, 7) is 15.0. The second kappa shape index (κ2) is 11.3. The SMILES string of the molecule is CCCN(CCN=C(NCC)N(C)CC1CCOC1)C(=O)OC(C)(C)C. The van der Waals surface area contributed by atoms with Gasteiger partial charge in [-0.2, -0.15) is 0 Å². The molecule has 1 aliphatic rings. The van der Waals surface area contributed by atoms with Crippen LogP contribution in [0.25, 0.3) is 0 Å². The molecular formula is C19H38N4O3. The fourth-order valence-corrected chi connectivity index (χ4v) is 2.84. The third-order valence-electron chi connectivity index (χ3n) is 4.03. The highest BCUT2D eigenvalue weighted by Gasteiger charge is 2.22. The Morgan fingerprint density at radius 3 is 2.58 bits per heavy atom. The van der Waals surface area contributed by atoms with Gasteiger partial charge in [-0.25, -0.2) is 4.79 Å². The minimum atomic E-state index is -0.481. The molecule has 0 radical (unpaired) electrons. The van der Waals surface area contributed by atoms with Crippen molar-refractivity contribution in [3.8, 4) is 0 Å². The van der Waals surface area contributed by atoms with E-state index in [1.165, 1.54) is 0 Å². The Labute approximate surface area is 159 Å².